The van der Waals surface area contributed by atoms with Crippen LogP contribution >= 0.6 is 0 Å². The van der Waals surface area contributed by atoms with Gasteiger partial charge in [0, 0.05) is 10.8 Å². The van der Waals surface area contributed by atoms with Gasteiger partial charge in [0.1, 0.15) is 0 Å². The molecule has 0 saturated heterocycles. The van der Waals surface area contributed by atoms with E-state index < -0.39 is 5.60 Å². The average Bonchev–Trinajstić information content (AvgIpc) is 2.09. The maximum Gasteiger partial charge on any atom is 0.0766 e. The van der Waals surface area contributed by atoms with Crippen molar-refractivity contribution in [1.82, 2.24) is 0 Å². The van der Waals surface area contributed by atoms with E-state index in [0.29, 0.717) is 0 Å². The predicted octanol–water partition coefficient (Wildman–Crippen LogP) is 3.53. The molecule has 1 heteroatoms. The van der Waals surface area contributed by atoms with E-state index in [1.807, 2.05) is 6.92 Å². The van der Waals surface area contributed by atoms with Crippen LogP contribution in [-0.2, 0) is 0 Å². The lowest BCUT2D eigenvalue weighted by Gasteiger charge is -2.67. The van der Waals surface area contributed by atoms with Gasteiger partial charge in [-0.1, -0.05) is 39.3 Å². The highest BCUT2D eigenvalue weighted by molar-refractivity contribution is 5.34. The number of hydrogen-bond donors (Lipinski definition) is 1. The number of fused-ring (bicyclic) bond motifs is 2. The van der Waals surface area contributed by atoms with E-state index in [-0.39, 0.29) is 16.2 Å². The first-order chi connectivity index (χ1) is 6.58. The SMILES string of the molecule is CC1=CC2(C)CCC1(C)C(C)(C)C2(C)O. The smallest absolute Gasteiger partial charge is 0.0766 e. The maximum atomic E-state index is 10.9. The minimum Gasteiger partial charge on any atom is -0.389 e. The third-order valence-corrected chi connectivity index (χ3v) is 6.26. The Morgan fingerprint density at radius 1 is 1.07 bits per heavy atom. The molecule has 15 heavy (non-hydrogen) atoms. The molecule has 0 aromatic heterocycles. The minimum absolute atomic E-state index is 0.0433. The van der Waals surface area contributed by atoms with Gasteiger partial charge in [-0.15, -0.1) is 0 Å². The summed E-state index contributed by atoms with van der Waals surface area (Å²) in [5.41, 5.74) is 0.929. The summed E-state index contributed by atoms with van der Waals surface area (Å²) < 4.78 is 0. The molecule has 1 fully saturated rings. The second kappa shape index (κ2) is 2.51. The van der Waals surface area contributed by atoms with E-state index in [4.69, 9.17) is 0 Å². The van der Waals surface area contributed by atoms with Crippen LogP contribution in [0.5, 0.6) is 0 Å². The van der Waals surface area contributed by atoms with Crippen molar-refractivity contribution in [3.8, 4) is 0 Å². The summed E-state index contributed by atoms with van der Waals surface area (Å²) in [6.45, 7) is 13.2. The normalized spacial score (nSPS) is 52.9. The topological polar surface area (TPSA) is 20.2 Å². The van der Waals surface area contributed by atoms with Crippen LogP contribution in [0.25, 0.3) is 0 Å². The molecule has 3 rings (SSSR count). The molecule has 1 nitrogen and oxygen atoms in total. The predicted molar refractivity (Wildman–Crippen MR) is 63.6 cm³/mol. The average molecular weight is 208 g/mol. The van der Waals surface area contributed by atoms with Crippen LogP contribution in [0, 0.1) is 16.2 Å². The molecular weight excluding hydrogens is 184 g/mol. The van der Waals surface area contributed by atoms with Crippen LogP contribution in [-0.4, -0.2) is 10.7 Å². The summed E-state index contributed by atoms with van der Waals surface area (Å²) in [4.78, 5) is 0. The summed E-state index contributed by atoms with van der Waals surface area (Å²) >= 11 is 0. The summed E-state index contributed by atoms with van der Waals surface area (Å²) in [6.07, 6.45) is 4.63. The molecule has 3 aliphatic carbocycles. The summed E-state index contributed by atoms with van der Waals surface area (Å²) in [5, 5.41) is 10.9. The fraction of sp³-hybridized carbons (Fsp3) is 0.857. The Hall–Kier alpha value is -0.300. The minimum atomic E-state index is -0.605. The van der Waals surface area contributed by atoms with Crippen LogP contribution in [0.4, 0.5) is 0 Å². The first-order valence-electron chi connectivity index (χ1n) is 6.01. The van der Waals surface area contributed by atoms with E-state index in [2.05, 4.69) is 40.7 Å². The van der Waals surface area contributed by atoms with Gasteiger partial charge in [-0.25, -0.2) is 0 Å². The fourth-order valence-corrected chi connectivity index (χ4v) is 3.86. The molecule has 0 aromatic carbocycles. The van der Waals surface area contributed by atoms with Crippen molar-refractivity contribution in [2.45, 2.75) is 60.0 Å². The van der Waals surface area contributed by atoms with E-state index in [9.17, 15) is 5.11 Å². The Bertz CT molecular complexity index is 337. The lowest BCUT2D eigenvalue weighted by Crippen LogP contribution is -2.66. The molecule has 0 radical (unpaired) electrons. The van der Waals surface area contributed by atoms with E-state index in [1.165, 1.54) is 12.0 Å². The first-order valence-corrected chi connectivity index (χ1v) is 6.01. The van der Waals surface area contributed by atoms with Crippen LogP contribution in [0.3, 0.4) is 0 Å². The summed E-state index contributed by atoms with van der Waals surface area (Å²) in [5.74, 6) is 0. The van der Waals surface area contributed by atoms with Crippen LogP contribution < -0.4 is 0 Å². The summed E-state index contributed by atoms with van der Waals surface area (Å²) in [7, 11) is 0. The third kappa shape index (κ3) is 0.939. The second-order valence-electron chi connectivity index (χ2n) is 6.77. The highest BCUT2D eigenvalue weighted by Gasteiger charge is 2.66. The molecule has 0 spiro atoms. The molecule has 86 valence electrons. The standard InChI is InChI=1S/C14H24O/c1-10-9-12(4)7-8-13(10,5)11(2,3)14(12,6)15/h9,15H,7-8H2,1-6H3. The van der Waals surface area contributed by atoms with Crippen LogP contribution in [0.1, 0.15) is 54.4 Å². The van der Waals surface area contributed by atoms with Crippen LogP contribution in [0.15, 0.2) is 11.6 Å². The van der Waals surface area contributed by atoms with Gasteiger partial charge >= 0.3 is 0 Å². The molecule has 0 heterocycles. The van der Waals surface area contributed by atoms with E-state index in [0.717, 1.165) is 6.42 Å². The van der Waals surface area contributed by atoms with Crippen molar-refractivity contribution in [3.05, 3.63) is 11.6 Å². The zero-order valence-corrected chi connectivity index (χ0v) is 10.9. The molecule has 3 aliphatic rings. The van der Waals surface area contributed by atoms with Gasteiger partial charge in [-0.3, -0.25) is 0 Å². The Morgan fingerprint density at radius 2 is 1.60 bits per heavy atom. The van der Waals surface area contributed by atoms with Crippen molar-refractivity contribution >= 4 is 0 Å². The number of allylic oxidation sites excluding steroid dienone is 1. The van der Waals surface area contributed by atoms with Crippen molar-refractivity contribution in [3.63, 3.8) is 0 Å². The largest absolute Gasteiger partial charge is 0.389 e. The monoisotopic (exact) mass is 208 g/mol. The molecule has 0 amide bonds. The van der Waals surface area contributed by atoms with Crippen LogP contribution in [0.2, 0.25) is 0 Å². The lowest BCUT2D eigenvalue weighted by atomic mass is 9.39. The zero-order chi connectivity index (χ0) is 11.7. The first kappa shape index (κ1) is 11.2. The second-order valence-corrected chi connectivity index (χ2v) is 6.77. The lowest BCUT2D eigenvalue weighted by molar-refractivity contribution is -0.209. The van der Waals surface area contributed by atoms with Gasteiger partial charge in [0.05, 0.1) is 5.60 Å². The third-order valence-electron chi connectivity index (χ3n) is 6.26. The molecule has 1 N–H and O–H groups in total. The maximum absolute atomic E-state index is 10.9. The number of aliphatic hydroxyl groups is 1. The van der Waals surface area contributed by atoms with Crippen molar-refractivity contribution in [1.29, 1.82) is 0 Å². The van der Waals surface area contributed by atoms with E-state index in [1.54, 1.807) is 0 Å². The summed E-state index contributed by atoms with van der Waals surface area (Å²) in [6, 6.07) is 0. The van der Waals surface area contributed by atoms with Gasteiger partial charge in [0.25, 0.3) is 0 Å². The fourth-order valence-electron chi connectivity index (χ4n) is 3.86. The quantitative estimate of drug-likeness (QED) is 0.604. The molecule has 0 aliphatic heterocycles. The Kier molecular flexibility index (Phi) is 1.87. The number of rotatable bonds is 0. The van der Waals surface area contributed by atoms with Gasteiger partial charge in [-0.05, 0) is 32.1 Å². The van der Waals surface area contributed by atoms with Gasteiger partial charge in [0.2, 0.25) is 0 Å². The highest BCUT2D eigenvalue weighted by atomic mass is 16.3. The molecule has 0 aromatic rings. The molecule has 3 unspecified atom stereocenters. The van der Waals surface area contributed by atoms with Gasteiger partial charge in [0.15, 0.2) is 0 Å². The molecule has 3 atom stereocenters. The molecule has 2 bridgehead atoms. The van der Waals surface area contributed by atoms with Crippen molar-refractivity contribution in [2.75, 3.05) is 0 Å². The Morgan fingerprint density at radius 3 is 2.07 bits per heavy atom. The zero-order valence-electron chi connectivity index (χ0n) is 10.9. The van der Waals surface area contributed by atoms with E-state index >= 15 is 0 Å². The van der Waals surface area contributed by atoms with Gasteiger partial charge in [-0.2, -0.15) is 0 Å². The van der Waals surface area contributed by atoms with Crippen molar-refractivity contribution < 1.29 is 5.11 Å². The number of hydrogen-bond acceptors (Lipinski definition) is 1. The molecular formula is C14H24O. The Balaban J connectivity index is 2.70. The van der Waals surface area contributed by atoms with Crippen molar-refractivity contribution in [2.24, 2.45) is 16.2 Å². The molecule has 1 saturated carbocycles. The Labute approximate surface area is 93.6 Å². The van der Waals surface area contributed by atoms with Gasteiger partial charge < -0.3 is 5.11 Å². The highest BCUT2D eigenvalue weighted by Crippen LogP contribution is 2.68.